The first kappa shape index (κ1) is 24.5. The van der Waals surface area contributed by atoms with Crippen molar-refractivity contribution in [3.8, 4) is 22.6 Å². The Balaban J connectivity index is 1.54. The number of ether oxygens (including phenoxy) is 2. The molecule has 0 saturated heterocycles. The molecule has 0 unspecified atom stereocenters. The summed E-state index contributed by atoms with van der Waals surface area (Å²) in [4.78, 5) is 12.1. The van der Waals surface area contributed by atoms with E-state index >= 15 is 0 Å². The van der Waals surface area contributed by atoms with E-state index in [1.807, 2.05) is 24.3 Å². The Bertz CT molecular complexity index is 1010. The zero-order valence-corrected chi connectivity index (χ0v) is 19.6. The summed E-state index contributed by atoms with van der Waals surface area (Å²) in [7, 11) is 0. The number of aryl methyl sites for hydroxylation is 2. The van der Waals surface area contributed by atoms with Gasteiger partial charge in [-0.25, -0.2) is 9.18 Å². The van der Waals surface area contributed by atoms with Gasteiger partial charge in [-0.05, 0) is 72.7 Å². The summed E-state index contributed by atoms with van der Waals surface area (Å²) in [6, 6.07) is 19.7. The van der Waals surface area contributed by atoms with Gasteiger partial charge in [-0.3, -0.25) is 0 Å². The van der Waals surface area contributed by atoms with E-state index in [0.29, 0.717) is 17.1 Å². The fraction of sp³-hybridized carbons (Fsp3) is 0.345. The highest BCUT2D eigenvalue weighted by atomic mass is 19.1. The molecule has 33 heavy (non-hydrogen) atoms. The van der Waals surface area contributed by atoms with Crippen molar-refractivity contribution in [2.24, 2.45) is 0 Å². The fourth-order valence-electron chi connectivity index (χ4n) is 3.75. The number of carbonyl (C=O) groups is 1. The lowest BCUT2D eigenvalue weighted by molar-refractivity contribution is 0.152. The topological polar surface area (TPSA) is 35.5 Å². The molecule has 0 amide bonds. The van der Waals surface area contributed by atoms with Gasteiger partial charge in [0, 0.05) is 5.56 Å². The molecule has 3 aromatic carbocycles. The largest absolute Gasteiger partial charge is 0.519 e. The Morgan fingerprint density at radius 1 is 0.697 bits per heavy atom. The van der Waals surface area contributed by atoms with E-state index in [4.69, 9.17) is 9.47 Å². The molecule has 174 valence electrons. The standard InChI is InChI=1S/C29H33FO3/c1-3-5-7-9-22-11-16-25(17-12-22)32-29(31)33-26-18-14-24(15-19-26)27-20-13-23(21-28(27)30)10-8-6-4-2/h11-21H,3-10H2,1-2H3. The number of carbonyl (C=O) groups excluding carboxylic acids is 1. The summed E-state index contributed by atoms with van der Waals surface area (Å²) in [5.41, 5.74) is 3.50. The zero-order valence-electron chi connectivity index (χ0n) is 19.6. The van der Waals surface area contributed by atoms with Gasteiger partial charge in [0.05, 0.1) is 0 Å². The highest BCUT2D eigenvalue weighted by molar-refractivity contribution is 5.69. The van der Waals surface area contributed by atoms with Crippen LogP contribution in [0.25, 0.3) is 11.1 Å². The average molecular weight is 449 g/mol. The maximum absolute atomic E-state index is 14.6. The smallest absolute Gasteiger partial charge is 0.395 e. The molecular weight excluding hydrogens is 415 g/mol. The van der Waals surface area contributed by atoms with E-state index in [-0.39, 0.29) is 5.82 Å². The average Bonchev–Trinajstić information content (AvgIpc) is 2.81. The molecule has 0 saturated carbocycles. The molecule has 4 heteroatoms. The molecule has 0 aromatic heterocycles. The van der Waals surface area contributed by atoms with Gasteiger partial charge in [0.25, 0.3) is 0 Å². The van der Waals surface area contributed by atoms with Crippen molar-refractivity contribution in [2.75, 3.05) is 0 Å². The summed E-state index contributed by atoms with van der Waals surface area (Å²) >= 11 is 0. The van der Waals surface area contributed by atoms with Gasteiger partial charge in [0.1, 0.15) is 17.3 Å². The van der Waals surface area contributed by atoms with E-state index in [0.717, 1.165) is 49.7 Å². The minimum absolute atomic E-state index is 0.241. The minimum Gasteiger partial charge on any atom is -0.395 e. The first-order valence-electron chi connectivity index (χ1n) is 12.0. The van der Waals surface area contributed by atoms with Gasteiger partial charge < -0.3 is 9.47 Å². The molecule has 0 heterocycles. The van der Waals surface area contributed by atoms with Crippen molar-refractivity contribution in [3.63, 3.8) is 0 Å². The number of rotatable bonds is 11. The van der Waals surface area contributed by atoms with Crippen LogP contribution >= 0.6 is 0 Å². The monoisotopic (exact) mass is 448 g/mol. The van der Waals surface area contributed by atoms with Crippen LogP contribution in [0.15, 0.2) is 66.7 Å². The van der Waals surface area contributed by atoms with Crippen LogP contribution in [-0.2, 0) is 12.8 Å². The van der Waals surface area contributed by atoms with Crippen LogP contribution in [0.3, 0.4) is 0 Å². The van der Waals surface area contributed by atoms with Crippen LogP contribution < -0.4 is 9.47 Å². The first-order chi connectivity index (χ1) is 16.1. The van der Waals surface area contributed by atoms with Crippen LogP contribution in [0.1, 0.15) is 63.5 Å². The molecule has 3 rings (SSSR count). The highest BCUT2D eigenvalue weighted by Gasteiger charge is 2.10. The lowest BCUT2D eigenvalue weighted by Gasteiger charge is -2.09. The molecule has 0 aliphatic carbocycles. The third kappa shape index (κ3) is 7.74. The molecule has 0 radical (unpaired) electrons. The maximum Gasteiger partial charge on any atom is 0.519 e. The molecular formula is C29H33FO3. The quantitative estimate of drug-likeness (QED) is 0.167. The molecule has 0 spiro atoms. The lowest BCUT2D eigenvalue weighted by atomic mass is 10.0. The van der Waals surface area contributed by atoms with Crippen molar-refractivity contribution in [1.82, 2.24) is 0 Å². The third-order valence-electron chi connectivity index (χ3n) is 5.66. The fourth-order valence-corrected chi connectivity index (χ4v) is 3.75. The Morgan fingerprint density at radius 3 is 1.76 bits per heavy atom. The molecule has 0 aliphatic rings. The SMILES string of the molecule is CCCCCc1ccc(OC(=O)Oc2ccc(-c3ccc(CCCCC)cc3F)cc2)cc1. The van der Waals surface area contributed by atoms with Crippen molar-refractivity contribution in [1.29, 1.82) is 0 Å². The Hall–Kier alpha value is -3.14. The van der Waals surface area contributed by atoms with E-state index in [1.54, 1.807) is 42.5 Å². The summed E-state index contributed by atoms with van der Waals surface area (Å²) in [6.45, 7) is 4.34. The molecule has 0 bridgehead atoms. The van der Waals surface area contributed by atoms with Gasteiger partial charge in [0.15, 0.2) is 0 Å². The van der Waals surface area contributed by atoms with Crippen LogP contribution in [-0.4, -0.2) is 6.16 Å². The number of hydrogen-bond donors (Lipinski definition) is 0. The van der Waals surface area contributed by atoms with Gasteiger partial charge in [-0.2, -0.15) is 0 Å². The minimum atomic E-state index is -0.802. The molecule has 0 aliphatic heterocycles. The van der Waals surface area contributed by atoms with Crippen molar-refractivity contribution < 1.29 is 18.7 Å². The number of halogens is 1. The van der Waals surface area contributed by atoms with Crippen molar-refractivity contribution in [3.05, 3.63) is 83.7 Å². The Labute approximate surface area is 196 Å². The van der Waals surface area contributed by atoms with Crippen LogP contribution in [0.2, 0.25) is 0 Å². The normalized spacial score (nSPS) is 10.8. The van der Waals surface area contributed by atoms with Gasteiger partial charge in [0.2, 0.25) is 0 Å². The van der Waals surface area contributed by atoms with Crippen LogP contribution in [0, 0.1) is 5.82 Å². The van der Waals surface area contributed by atoms with E-state index in [9.17, 15) is 9.18 Å². The van der Waals surface area contributed by atoms with Gasteiger partial charge in [-0.15, -0.1) is 0 Å². The number of benzene rings is 3. The highest BCUT2D eigenvalue weighted by Crippen LogP contribution is 2.26. The maximum atomic E-state index is 14.6. The van der Waals surface area contributed by atoms with Gasteiger partial charge >= 0.3 is 6.16 Å². The van der Waals surface area contributed by atoms with Crippen molar-refractivity contribution in [2.45, 2.75) is 65.2 Å². The molecule has 3 nitrogen and oxygen atoms in total. The number of unbranched alkanes of at least 4 members (excludes halogenated alkanes) is 4. The third-order valence-corrected chi connectivity index (χ3v) is 5.66. The molecule has 0 N–H and O–H groups in total. The first-order valence-corrected chi connectivity index (χ1v) is 12.0. The summed E-state index contributed by atoms with van der Waals surface area (Å²) in [5.74, 6) is 0.545. The van der Waals surface area contributed by atoms with E-state index in [1.165, 1.54) is 18.4 Å². The second kappa shape index (κ2) is 12.8. The van der Waals surface area contributed by atoms with E-state index in [2.05, 4.69) is 13.8 Å². The molecule has 3 aromatic rings. The van der Waals surface area contributed by atoms with Crippen LogP contribution in [0.4, 0.5) is 9.18 Å². The van der Waals surface area contributed by atoms with Crippen LogP contribution in [0.5, 0.6) is 11.5 Å². The predicted molar refractivity (Wildman–Crippen MR) is 131 cm³/mol. The molecule has 0 fully saturated rings. The molecule has 0 atom stereocenters. The second-order valence-corrected chi connectivity index (χ2v) is 8.35. The summed E-state index contributed by atoms with van der Waals surface area (Å²) in [5, 5.41) is 0. The predicted octanol–water partition coefficient (Wildman–Crippen LogP) is 8.54. The van der Waals surface area contributed by atoms with Crippen molar-refractivity contribution >= 4 is 6.16 Å². The summed E-state index contributed by atoms with van der Waals surface area (Å²) in [6.07, 6.45) is 8.03. The van der Waals surface area contributed by atoms with Gasteiger partial charge in [-0.1, -0.05) is 75.9 Å². The zero-order chi connectivity index (χ0) is 23.5. The summed E-state index contributed by atoms with van der Waals surface area (Å²) < 4.78 is 25.1. The second-order valence-electron chi connectivity index (χ2n) is 8.35. The van der Waals surface area contributed by atoms with E-state index < -0.39 is 6.16 Å². The Morgan fingerprint density at radius 2 is 1.21 bits per heavy atom. The Kier molecular flexibility index (Phi) is 9.49. The lowest BCUT2D eigenvalue weighted by Crippen LogP contribution is -2.13. The number of hydrogen-bond acceptors (Lipinski definition) is 3.